The Kier molecular flexibility index (Phi) is 3.52. The first-order valence-corrected chi connectivity index (χ1v) is 13.0. The van der Waals surface area contributed by atoms with Gasteiger partial charge >= 0.3 is 5.97 Å². The van der Waals surface area contributed by atoms with Crippen LogP contribution >= 0.6 is 0 Å². The Morgan fingerprint density at radius 2 is 1.84 bits per heavy atom. The smallest absolute Gasteiger partial charge is 0.328 e. The zero-order valence-electron chi connectivity index (χ0n) is 15.8. The van der Waals surface area contributed by atoms with Crippen molar-refractivity contribution in [2.24, 2.45) is 5.41 Å². The summed E-state index contributed by atoms with van der Waals surface area (Å²) in [6.45, 7) is 13.2. The molecule has 0 aromatic rings. The van der Waals surface area contributed by atoms with Crippen molar-refractivity contribution in [3.05, 3.63) is 0 Å². The van der Waals surface area contributed by atoms with E-state index in [0.29, 0.717) is 6.42 Å². The molecule has 0 unspecified atom stereocenters. The van der Waals surface area contributed by atoms with Gasteiger partial charge in [-0.3, -0.25) is 4.79 Å². The molecule has 142 valence electrons. The minimum Gasteiger partial charge on any atom is -0.480 e. The lowest BCUT2D eigenvalue weighted by molar-refractivity contribution is -0.167. The highest BCUT2D eigenvalue weighted by Gasteiger charge is 2.86. The number of carboxylic acids is 1. The van der Waals surface area contributed by atoms with Gasteiger partial charge in [0.1, 0.15) is 11.5 Å². The van der Waals surface area contributed by atoms with E-state index in [1.54, 1.807) is 0 Å². The molecule has 3 rings (SSSR count). The maximum absolute atomic E-state index is 13.0. The van der Waals surface area contributed by atoms with Gasteiger partial charge in [-0.2, -0.15) is 0 Å². The molecule has 3 fully saturated rings. The van der Waals surface area contributed by atoms with Gasteiger partial charge in [0.05, 0.1) is 10.9 Å². The number of carbonyl (C=O) groups excluding carboxylic acids is 1. The first kappa shape index (κ1) is 18.8. The molecule has 1 saturated carbocycles. The summed E-state index contributed by atoms with van der Waals surface area (Å²) < 4.78 is 30.8. The van der Waals surface area contributed by atoms with Gasteiger partial charge in [-0.05, 0) is 38.4 Å². The predicted molar refractivity (Wildman–Crippen MR) is 94.2 cm³/mol. The number of rotatable bonds is 3. The fourth-order valence-electron chi connectivity index (χ4n) is 3.92. The molecule has 1 N–H and O–H groups in total. The van der Waals surface area contributed by atoms with E-state index in [1.807, 2.05) is 0 Å². The van der Waals surface area contributed by atoms with Crippen molar-refractivity contribution in [2.45, 2.75) is 81.4 Å². The average Bonchev–Trinajstić information content (AvgIpc) is 3.07. The number of hydrogen-bond donors (Lipinski definition) is 1. The van der Waals surface area contributed by atoms with Crippen molar-refractivity contribution in [3.63, 3.8) is 0 Å². The fraction of sp³-hybridized carbons (Fsp3) is 0.875. The molecule has 25 heavy (non-hydrogen) atoms. The van der Waals surface area contributed by atoms with Gasteiger partial charge in [-0.15, -0.1) is 0 Å². The van der Waals surface area contributed by atoms with Gasteiger partial charge in [-0.25, -0.2) is 13.2 Å². The second-order valence-corrected chi connectivity index (χ2v) is 16.9. The first-order valence-electron chi connectivity index (χ1n) is 8.50. The number of sulfone groups is 1. The third-order valence-electron chi connectivity index (χ3n) is 6.70. The fourth-order valence-corrected chi connectivity index (χ4v) is 7.80. The monoisotopic (exact) mass is 389 g/mol. The highest BCUT2D eigenvalue weighted by Crippen LogP contribution is 2.68. The number of nitrogens with zero attached hydrogens (tertiary/aromatic N) is 1. The van der Waals surface area contributed by atoms with E-state index in [-0.39, 0.29) is 10.9 Å². The van der Waals surface area contributed by atoms with Crippen molar-refractivity contribution in [1.82, 2.24) is 4.90 Å². The van der Waals surface area contributed by atoms with E-state index in [1.165, 1.54) is 13.8 Å². The summed E-state index contributed by atoms with van der Waals surface area (Å²) in [6, 6.07) is -1.34. The molecule has 7 nitrogen and oxygen atoms in total. The number of β-lactam (4-membered cyclic amide) rings is 1. The van der Waals surface area contributed by atoms with Crippen LogP contribution in [0.4, 0.5) is 0 Å². The van der Waals surface area contributed by atoms with Crippen molar-refractivity contribution < 1.29 is 27.5 Å². The van der Waals surface area contributed by atoms with Gasteiger partial charge in [0, 0.05) is 0 Å². The Bertz CT molecular complexity index is 768. The van der Waals surface area contributed by atoms with Crippen LogP contribution in [0.25, 0.3) is 0 Å². The molecule has 0 aromatic carbocycles. The minimum atomic E-state index is -3.80. The largest absolute Gasteiger partial charge is 0.480 e. The number of amides is 1. The summed E-state index contributed by atoms with van der Waals surface area (Å²) in [5, 5.41) is 8.36. The Morgan fingerprint density at radius 1 is 1.32 bits per heavy atom. The van der Waals surface area contributed by atoms with Crippen LogP contribution < -0.4 is 0 Å². The minimum absolute atomic E-state index is 0.0549. The van der Waals surface area contributed by atoms with Crippen LogP contribution in [0.5, 0.6) is 0 Å². The van der Waals surface area contributed by atoms with Crippen molar-refractivity contribution in [3.8, 4) is 0 Å². The van der Waals surface area contributed by atoms with Gasteiger partial charge in [-0.1, -0.05) is 20.8 Å². The summed E-state index contributed by atoms with van der Waals surface area (Å²) >= 11 is 0. The molecule has 1 aliphatic carbocycles. The second-order valence-electron chi connectivity index (χ2n) is 9.57. The van der Waals surface area contributed by atoms with Crippen LogP contribution in [0.2, 0.25) is 18.1 Å². The number of carbonyl (C=O) groups is 2. The summed E-state index contributed by atoms with van der Waals surface area (Å²) in [6.07, 6.45) is -0.0681. The van der Waals surface area contributed by atoms with Crippen LogP contribution in [-0.4, -0.2) is 60.9 Å². The maximum atomic E-state index is 13.0. The molecule has 0 bridgehead atoms. The molecule has 3 aliphatic rings. The second kappa shape index (κ2) is 4.67. The molecule has 0 aromatic heterocycles. The quantitative estimate of drug-likeness (QED) is 0.581. The van der Waals surface area contributed by atoms with Crippen LogP contribution in [0.1, 0.15) is 41.0 Å². The SMILES string of the molecule is CC(C)(C)[Si](C)(C)O[C@@H]1C[C@@]12C(=O)N1[C@@H](C(=O)O)C(C)(C)S(=O)(=O)[C@@H]12. The van der Waals surface area contributed by atoms with Crippen molar-refractivity contribution in [2.75, 3.05) is 0 Å². The lowest BCUT2D eigenvalue weighted by atomic mass is 9.89. The maximum Gasteiger partial charge on any atom is 0.328 e. The summed E-state index contributed by atoms with van der Waals surface area (Å²) in [5.74, 6) is -1.66. The van der Waals surface area contributed by atoms with Gasteiger partial charge in [0.25, 0.3) is 0 Å². The molecule has 1 amide bonds. The van der Waals surface area contributed by atoms with Gasteiger partial charge in [0.2, 0.25) is 5.91 Å². The molecule has 2 saturated heterocycles. The lowest BCUT2D eigenvalue weighted by Crippen LogP contribution is -2.66. The summed E-state index contributed by atoms with van der Waals surface area (Å²) in [4.78, 5) is 25.5. The van der Waals surface area contributed by atoms with Crippen molar-refractivity contribution in [1.29, 1.82) is 0 Å². The van der Waals surface area contributed by atoms with Crippen LogP contribution in [-0.2, 0) is 23.9 Å². The van der Waals surface area contributed by atoms with E-state index < -0.39 is 51.8 Å². The van der Waals surface area contributed by atoms with E-state index in [0.717, 1.165) is 4.90 Å². The Balaban J connectivity index is 1.94. The lowest BCUT2D eigenvalue weighted by Gasteiger charge is -2.45. The number of fused-ring (bicyclic) bond motifs is 2. The molecule has 2 heterocycles. The zero-order chi connectivity index (χ0) is 19.4. The molecule has 4 atom stereocenters. The molecule has 2 aliphatic heterocycles. The molecule has 9 heteroatoms. The number of aliphatic carboxylic acids is 1. The van der Waals surface area contributed by atoms with E-state index in [2.05, 4.69) is 33.9 Å². The molecular formula is C16H27NO6SSi. The topological polar surface area (TPSA) is 101 Å². The van der Waals surface area contributed by atoms with Crippen LogP contribution in [0.3, 0.4) is 0 Å². The normalized spacial score (nSPS) is 38.4. The Morgan fingerprint density at radius 3 is 2.28 bits per heavy atom. The molecular weight excluding hydrogens is 362 g/mol. The highest BCUT2D eigenvalue weighted by molar-refractivity contribution is 7.94. The average molecular weight is 390 g/mol. The van der Waals surface area contributed by atoms with Gasteiger partial charge in [0.15, 0.2) is 23.5 Å². The number of hydrogen-bond acceptors (Lipinski definition) is 5. The van der Waals surface area contributed by atoms with Crippen molar-refractivity contribution >= 4 is 30.0 Å². The summed E-state index contributed by atoms with van der Waals surface area (Å²) in [5.41, 5.74) is -1.07. The number of carboxylic acid groups (broad SMARTS) is 1. The van der Waals surface area contributed by atoms with E-state index >= 15 is 0 Å². The van der Waals surface area contributed by atoms with E-state index in [9.17, 15) is 23.1 Å². The summed E-state index contributed by atoms with van der Waals surface area (Å²) in [7, 11) is -5.96. The van der Waals surface area contributed by atoms with Gasteiger partial charge < -0.3 is 14.4 Å². The highest BCUT2D eigenvalue weighted by atomic mass is 32.2. The molecule has 0 radical (unpaired) electrons. The van der Waals surface area contributed by atoms with Crippen LogP contribution in [0.15, 0.2) is 0 Å². The standard InChI is InChI=1S/C16H27NO6SSi/c1-14(2,3)25(6,7)23-9-8-16(9)12(20)17-10(11(18)19)15(4,5)24(21,22)13(16)17/h9-10,13H,8H2,1-7H3,(H,18,19)/t9-,10+,13-,16+/m1/s1. The molecule has 1 spiro atoms. The predicted octanol–water partition coefficient (Wildman–Crippen LogP) is 1.60. The first-order chi connectivity index (χ1) is 11.0. The third-order valence-corrected chi connectivity index (χ3v) is 14.1. The van der Waals surface area contributed by atoms with Crippen LogP contribution in [0, 0.1) is 5.41 Å². The Labute approximate surface area is 149 Å². The third kappa shape index (κ3) is 2.03. The van der Waals surface area contributed by atoms with E-state index in [4.69, 9.17) is 4.43 Å². The zero-order valence-corrected chi connectivity index (χ0v) is 17.6. The Hall–Kier alpha value is -0.933.